The molecule has 4 fully saturated rings. The summed E-state index contributed by atoms with van der Waals surface area (Å²) in [7, 11) is 0. The van der Waals surface area contributed by atoms with E-state index in [1.54, 1.807) is 0 Å². The van der Waals surface area contributed by atoms with Crippen molar-refractivity contribution >= 4 is 17.6 Å². The second kappa shape index (κ2) is 7.89. The van der Waals surface area contributed by atoms with E-state index in [0.717, 1.165) is 37.4 Å². The van der Waals surface area contributed by atoms with Crippen LogP contribution >= 0.6 is 0 Å². The molecule has 1 unspecified atom stereocenters. The van der Waals surface area contributed by atoms with Gasteiger partial charge in [0, 0.05) is 63.7 Å². The van der Waals surface area contributed by atoms with Crippen LogP contribution in [0.25, 0.3) is 0 Å². The number of carbonyl (C=O) groups excluding carboxylic acids is 2. The van der Waals surface area contributed by atoms with Gasteiger partial charge in [0.15, 0.2) is 5.82 Å². The first-order valence-electron chi connectivity index (χ1n) is 10.9. The average molecular weight is 399 g/mol. The Kier molecular flexibility index (Phi) is 5.11. The van der Waals surface area contributed by atoms with Gasteiger partial charge >= 0.3 is 0 Å². The number of ether oxygens (including phenoxy) is 1. The second-order valence-corrected chi connectivity index (χ2v) is 8.90. The first-order valence-corrected chi connectivity index (χ1v) is 10.9. The summed E-state index contributed by atoms with van der Waals surface area (Å²) in [4.78, 5) is 29.0. The van der Waals surface area contributed by atoms with Gasteiger partial charge in [-0.05, 0) is 37.8 Å². The van der Waals surface area contributed by atoms with Crippen LogP contribution in [0.15, 0.2) is 12.1 Å². The number of nitrogens with one attached hydrogen (secondary N) is 1. The fourth-order valence-electron chi connectivity index (χ4n) is 4.63. The molecule has 29 heavy (non-hydrogen) atoms. The third kappa shape index (κ3) is 4.08. The summed E-state index contributed by atoms with van der Waals surface area (Å²) in [5, 5.41) is 11.8. The largest absolute Gasteiger partial charge is 0.381 e. The monoisotopic (exact) mass is 399 g/mol. The van der Waals surface area contributed by atoms with Crippen LogP contribution in [0.2, 0.25) is 0 Å². The van der Waals surface area contributed by atoms with Crippen LogP contribution < -0.4 is 10.2 Å². The number of hydrogen-bond acceptors (Lipinski definition) is 6. The van der Waals surface area contributed by atoms with Crippen LogP contribution in [0.5, 0.6) is 0 Å². The van der Waals surface area contributed by atoms with Gasteiger partial charge in [-0.1, -0.05) is 0 Å². The van der Waals surface area contributed by atoms with Crippen molar-refractivity contribution in [2.24, 2.45) is 11.8 Å². The molecule has 0 spiro atoms. The fraction of sp³-hybridized carbons (Fsp3) is 0.714. The third-order valence-electron chi connectivity index (χ3n) is 6.67. The lowest BCUT2D eigenvalue weighted by Crippen LogP contribution is -2.52. The predicted molar refractivity (Wildman–Crippen MR) is 106 cm³/mol. The summed E-state index contributed by atoms with van der Waals surface area (Å²) >= 11 is 0. The zero-order valence-corrected chi connectivity index (χ0v) is 16.8. The van der Waals surface area contributed by atoms with Crippen molar-refractivity contribution in [3.05, 3.63) is 17.8 Å². The summed E-state index contributed by atoms with van der Waals surface area (Å²) in [6.45, 7) is 4.39. The fourth-order valence-corrected chi connectivity index (χ4v) is 4.63. The Morgan fingerprint density at radius 1 is 1.10 bits per heavy atom. The van der Waals surface area contributed by atoms with Crippen molar-refractivity contribution in [2.75, 3.05) is 44.3 Å². The zero-order chi connectivity index (χ0) is 19.8. The molecular formula is C21H29N5O3. The van der Waals surface area contributed by atoms with Gasteiger partial charge in [0.05, 0.1) is 11.6 Å². The highest BCUT2D eigenvalue weighted by molar-refractivity contribution is 5.89. The Morgan fingerprint density at radius 3 is 2.59 bits per heavy atom. The highest BCUT2D eigenvalue weighted by Crippen LogP contribution is 2.39. The molecule has 1 aromatic rings. The van der Waals surface area contributed by atoms with Gasteiger partial charge in [0.2, 0.25) is 11.8 Å². The molecule has 4 aliphatic rings. The van der Waals surface area contributed by atoms with Crippen molar-refractivity contribution in [2.45, 2.75) is 44.1 Å². The van der Waals surface area contributed by atoms with Crippen molar-refractivity contribution < 1.29 is 14.3 Å². The maximum absolute atomic E-state index is 12.6. The summed E-state index contributed by atoms with van der Waals surface area (Å²) in [6, 6.07) is 4.39. The molecule has 0 bridgehead atoms. The number of hydrogen-bond donors (Lipinski definition) is 1. The van der Waals surface area contributed by atoms with Gasteiger partial charge in [-0.25, -0.2) is 0 Å². The maximum atomic E-state index is 12.6. The Morgan fingerprint density at radius 2 is 1.90 bits per heavy atom. The molecule has 0 radical (unpaired) electrons. The number of amides is 2. The Hall–Kier alpha value is -2.22. The zero-order valence-electron chi connectivity index (χ0n) is 16.8. The Labute approximate surface area is 171 Å². The molecule has 0 aromatic carbocycles. The minimum absolute atomic E-state index is 0.0138. The van der Waals surface area contributed by atoms with E-state index in [2.05, 4.69) is 32.5 Å². The van der Waals surface area contributed by atoms with Gasteiger partial charge in [-0.3, -0.25) is 9.59 Å². The maximum Gasteiger partial charge on any atom is 0.225 e. The van der Waals surface area contributed by atoms with Crippen LogP contribution in [0.1, 0.15) is 43.7 Å². The van der Waals surface area contributed by atoms with Gasteiger partial charge < -0.3 is 19.9 Å². The Balaban J connectivity index is 1.05. The highest BCUT2D eigenvalue weighted by atomic mass is 16.5. The van der Waals surface area contributed by atoms with E-state index in [-0.39, 0.29) is 23.8 Å². The lowest BCUT2D eigenvalue weighted by Gasteiger charge is -2.40. The topological polar surface area (TPSA) is 87.7 Å². The first-order chi connectivity index (χ1) is 14.2. The van der Waals surface area contributed by atoms with E-state index in [4.69, 9.17) is 4.74 Å². The summed E-state index contributed by atoms with van der Waals surface area (Å²) < 4.78 is 5.38. The van der Waals surface area contributed by atoms with Crippen LogP contribution in [-0.4, -0.2) is 72.3 Å². The molecule has 3 saturated heterocycles. The number of aromatic nitrogens is 2. The van der Waals surface area contributed by atoms with E-state index in [9.17, 15) is 9.59 Å². The van der Waals surface area contributed by atoms with Crippen molar-refractivity contribution in [1.82, 2.24) is 20.4 Å². The van der Waals surface area contributed by atoms with E-state index >= 15 is 0 Å². The SMILES string of the molecule is O=C(NCC1CN(c2ccc(C3CC3)nn2)C1)C1CC(=O)N(C2CCOCC2)C1. The van der Waals surface area contributed by atoms with E-state index in [0.29, 0.717) is 44.6 Å². The van der Waals surface area contributed by atoms with E-state index in [1.165, 1.54) is 12.8 Å². The molecule has 1 aromatic heterocycles. The Bertz CT molecular complexity index is 754. The highest BCUT2D eigenvalue weighted by Gasteiger charge is 2.39. The molecule has 4 heterocycles. The minimum atomic E-state index is -0.220. The first kappa shape index (κ1) is 18.8. The van der Waals surface area contributed by atoms with Gasteiger partial charge in [-0.15, -0.1) is 5.10 Å². The molecule has 5 rings (SSSR count). The predicted octanol–water partition coefficient (Wildman–Crippen LogP) is 0.934. The molecule has 1 aliphatic carbocycles. The van der Waals surface area contributed by atoms with Gasteiger partial charge in [0.25, 0.3) is 0 Å². The number of nitrogens with zero attached hydrogens (tertiary/aromatic N) is 4. The molecule has 1 atom stereocenters. The van der Waals surface area contributed by atoms with Crippen LogP contribution in [-0.2, 0) is 14.3 Å². The molecule has 8 nitrogen and oxygen atoms in total. The molecule has 156 valence electrons. The minimum Gasteiger partial charge on any atom is -0.381 e. The quantitative estimate of drug-likeness (QED) is 0.766. The van der Waals surface area contributed by atoms with Crippen LogP contribution in [0.4, 0.5) is 5.82 Å². The third-order valence-corrected chi connectivity index (χ3v) is 6.67. The lowest BCUT2D eigenvalue weighted by molar-refractivity contribution is -0.131. The number of likely N-dealkylation sites (tertiary alicyclic amines) is 1. The van der Waals surface area contributed by atoms with E-state index < -0.39 is 0 Å². The summed E-state index contributed by atoms with van der Waals surface area (Å²) in [5.74, 6) is 1.88. The second-order valence-electron chi connectivity index (χ2n) is 8.90. The molecular weight excluding hydrogens is 370 g/mol. The van der Waals surface area contributed by atoms with Crippen molar-refractivity contribution in [3.63, 3.8) is 0 Å². The molecule has 1 N–H and O–H groups in total. The molecule has 3 aliphatic heterocycles. The summed E-state index contributed by atoms with van der Waals surface area (Å²) in [6.07, 6.45) is 4.56. The normalized spacial score (nSPS) is 25.9. The van der Waals surface area contributed by atoms with Crippen molar-refractivity contribution in [1.29, 1.82) is 0 Å². The number of rotatable bonds is 6. The number of anilines is 1. The van der Waals surface area contributed by atoms with Gasteiger partial charge in [-0.2, -0.15) is 5.10 Å². The van der Waals surface area contributed by atoms with Crippen LogP contribution in [0, 0.1) is 11.8 Å². The van der Waals surface area contributed by atoms with E-state index in [1.807, 2.05) is 4.90 Å². The average Bonchev–Trinajstić information content (AvgIpc) is 3.49. The smallest absolute Gasteiger partial charge is 0.225 e. The van der Waals surface area contributed by atoms with Gasteiger partial charge in [0.1, 0.15) is 0 Å². The lowest BCUT2D eigenvalue weighted by atomic mass is 9.99. The molecule has 2 amide bonds. The van der Waals surface area contributed by atoms with Crippen molar-refractivity contribution in [3.8, 4) is 0 Å². The molecule has 1 saturated carbocycles. The van der Waals surface area contributed by atoms with Crippen LogP contribution in [0.3, 0.4) is 0 Å². The molecule has 8 heteroatoms. The number of carbonyl (C=O) groups is 2. The standard InChI is InChI=1S/C21H29N5O3/c27-20-9-16(13-26(20)17-5-7-29-8-6-17)21(28)22-10-14-11-25(12-14)19-4-3-18(23-24-19)15-1-2-15/h3-4,14-17H,1-2,5-13H2,(H,22,28). The summed E-state index contributed by atoms with van der Waals surface area (Å²) in [5.41, 5.74) is 1.11.